The number of hydrogen-bond acceptors (Lipinski definition) is 3. The van der Waals surface area contributed by atoms with Gasteiger partial charge < -0.3 is 15.4 Å². The molecule has 26 heavy (non-hydrogen) atoms. The Morgan fingerprint density at radius 3 is 2.35 bits per heavy atom. The first kappa shape index (κ1) is 15.8. The number of aromatic nitrogens is 1. The van der Waals surface area contributed by atoms with Gasteiger partial charge in [0.15, 0.2) is 5.88 Å². The van der Waals surface area contributed by atoms with Gasteiger partial charge in [-0.3, -0.25) is 9.59 Å². The minimum atomic E-state index is -0.402. The molecule has 0 spiro atoms. The van der Waals surface area contributed by atoms with E-state index >= 15 is 0 Å². The summed E-state index contributed by atoms with van der Waals surface area (Å²) in [6.07, 6.45) is 0. The zero-order valence-corrected chi connectivity index (χ0v) is 13.9. The lowest BCUT2D eigenvalue weighted by atomic mass is 9.99. The monoisotopic (exact) mass is 345 g/mol. The molecule has 2 amide bonds. The molecule has 128 valence electrons. The summed E-state index contributed by atoms with van der Waals surface area (Å²) in [7, 11) is 1.56. The third-order valence-corrected chi connectivity index (χ3v) is 4.35. The van der Waals surface area contributed by atoms with E-state index in [0.717, 1.165) is 5.56 Å². The van der Waals surface area contributed by atoms with Crippen molar-refractivity contribution in [1.29, 1.82) is 0 Å². The van der Waals surface area contributed by atoms with Gasteiger partial charge in [-0.15, -0.1) is 0 Å². The van der Waals surface area contributed by atoms with Gasteiger partial charge in [0.05, 0.1) is 22.5 Å². The van der Waals surface area contributed by atoms with Gasteiger partial charge >= 0.3 is 0 Å². The van der Waals surface area contributed by atoms with E-state index in [0.29, 0.717) is 33.7 Å². The van der Waals surface area contributed by atoms with Gasteiger partial charge in [0.1, 0.15) is 0 Å². The molecule has 0 atom stereocenters. The van der Waals surface area contributed by atoms with Crippen LogP contribution in [0.1, 0.15) is 31.8 Å². The van der Waals surface area contributed by atoms with Crippen LogP contribution >= 0.6 is 0 Å². The van der Waals surface area contributed by atoms with Crippen molar-refractivity contribution in [3.05, 3.63) is 76.9 Å². The Balaban J connectivity index is 1.79. The molecule has 0 unspecified atom stereocenters. The summed E-state index contributed by atoms with van der Waals surface area (Å²) in [6.45, 7) is 0. The molecule has 3 N–H and O–H groups in total. The first-order chi connectivity index (χ1) is 12.6. The lowest BCUT2D eigenvalue weighted by Gasteiger charge is -2.04. The second-order valence-corrected chi connectivity index (χ2v) is 5.89. The standard InChI is InChI=1S/C20H15N3O3/c1-21-18(24)13-9-7-12(8-10-13)17-15-14(19(25)23-17)16(22-20(15)26)11-5-3-2-4-6-11/h2-10,22,26H,1H3,(H,21,24). The number of nitrogens with zero attached hydrogens (tertiary/aromatic N) is 1. The molecule has 3 aromatic rings. The molecule has 6 heteroatoms. The van der Waals surface area contributed by atoms with Gasteiger partial charge in [0.25, 0.3) is 11.8 Å². The van der Waals surface area contributed by atoms with Crippen LogP contribution in [0.15, 0.2) is 59.6 Å². The van der Waals surface area contributed by atoms with Crippen molar-refractivity contribution in [2.45, 2.75) is 0 Å². The molecule has 0 fully saturated rings. The zero-order valence-electron chi connectivity index (χ0n) is 13.9. The fourth-order valence-corrected chi connectivity index (χ4v) is 3.10. The zero-order chi connectivity index (χ0) is 18.3. The molecule has 0 saturated carbocycles. The van der Waals surface area contributed by atoms with Gasteiger partial charge in [-0.05, 0) is 17.7 Å². The number of fused-ring (bicyclic) bond motifs is 1. The summed E-state index contributed by atoms with van der Waals surface area (Å²) in [5.41, 5.74) is 3.64. The molecule has 2 heterocycles. The first-order valence-electron chi connectivity index (χ1n) is 8.06. The Bertz CT molecular complexity index is 1050. The van der Waals surface area contributed by atoms with Crippen LogP contribution in [0, 0.1) is 0 Å². The minimum absolute atomic E-state index is 0.0983. The van der Waals surface area contributed by atoms with E-state index < -0.39 is 5.91 Å². The number of hydrogen-bond donors (Lipinski definition) is 3. The molecule has 0 radical (unpaired) electrons. The summed E-state index contributed by atoms with van der Waals surface area (Å²) in [6, 6.07) is 16.0. The van der Waals surface area contributed by atoms with Crippen molar-refractivity contribution in [3.63, 3.8) is 0 Å². The molecule has 0 bridgehead atoms. The van der Waals surface area contributed by atoms with Gasteiger partial charge in [0, 0.05) is 18.2 Å². The number of carbonyl (C=O) groups excluding carboxylic acids is 2. The van der Waals surface area contributed by atoms with Gasteiger partial charge in [-0.1, -0.05) is 42.5 Å². The number of amides is 2. The van der Waals surface area contributed by atoms with Crippen molar-refractivity contribution in [2.75, 3.05) is 7.05 Å². The van der Waals surface area contributed by atoms with Gasteiger partial charge in [-0.25, -0.2) is 4.99 Å². The Labute approximate surface area is 149 Å². The molecule has 0 saturated heterocycles. The van der Waals surface area contributed by atoms with Crippen molar-refractivity contribution < 1.29 is 14.7 Å². The molecule has 4 rings (SSSR count). The highest BCUT2D eigenvalue weighted by molar-refractivity contribution is 6.30. The molecule has 2 aromatic carbocycles. The number of rotatable bonds is 3. The van der Waals surface area contributed by atoms with Crippen LogP contribution in [0.4, 0.5) is 0 Å². The lowest BCUT2D eigenvalue weighted by Crippen LogP contribution is -2.17. The molecule has 6 nitrogen and oxygen atoms in total. The Hall–Kier alpha value is -3.67. The SMILES string of the molecule is CNC(=O)c1ccc(C2=NC(=O)c3c(-c4ccccc4)[nH]c(O)c32)cc1. The van der Waals surface area contributed by atoms with Gasteiger partial charge in [-0.2, -0.15) is 0 Å². The second kappa shape index (κ2) is 6.00. The summed E-state index contributed by atoms with van der Waals surface area (Å²) >= 11 is 0. The van der Waals surface area contributed by atoms with E-state index in [1.807, 2.05) is 30.3 Å². The summed E-state index contributed by atoms with van der Waals surface area (Å²) < 4.78 is 0. The Morgan fingerprint density at radius 1 is 1.00 bits per heavy atom. The largest absolute Gasteiger partial charge is 0.494 e. The number of aromatic hydroxyl groups is 1. The van der Waals surface area contributed by atoms with E-state index in [1.54, 1.807) is 31.3 Å². The molecule has 1 aromatic heterocycles. The van der Waals surface area contributed by atoms with Crippen molar-refractivity contribution >= 4 is 17.5 Å². The van der Waals surface area contributed by atoms with Crippen LogP contribution < -0.4 is 5.32 Å². The number of benzene rings is 2. The third kappa shape index (κ3) is 2.39. The van der Waals surface area contributed by atoms with Crippen LogP contribution in [0.3, 0.4) is 0 Å². The normalized spacial score (nSPS) is 12.7. The number of aliphatic imine (C=N–C) groups is 1. The van der Waals surface area contributed by atoms with E-state index in [9.17, 15) is 14.7 Å². The maximum absolute atomic E-state index is 12.5. The fourth-order valence-electron chi connectivity index (χ4n) is 3.10. The number of carbonyl (C=O) groups is 2. The van der Waals surface area contributed by atoms with Crippen LogP contribution in [-0.2, 0) is 0 Å². The highest BCUT2D eigenvalue weighted by Gasteiger charge is 2.33. The van der Waals surface area contributed by atoms with E-state index in [-0.39, 0.29) is 11.8 Å². The topological polar surface area (TPSA) is 94.5 Å². The van der Waals surface area contributed by atoms with Gasteiger partial charge in [0.2, 0.25) is 0 Å². The van der Waals surface area contributed by atoms with Crippen molar-refractivity contribution in [2.24, 2.45) is 4.99 Å². The Morgan fingerprint density at radius 2 is 1.69 bits per heavy atom. The maximum Gasteiger partial charge on any atom is 0.280 e. The second-order valence-electron chi connectivity index (χ2n) is 5.89. The summed E-state index contributed by atoms with van der Waals surface area (Å²) in [4.78, 5) is 31.2. The predicted molar refractivity (Wildman–Crippen MR) is 97.7 cm³/mol. The van der Waals surface area contributed by atoms with Crippen LogP contribution in [-0.4, -0.2) is 34.7 Å². The van der Waals surface area contributed by atoms with Crippen molar-refractivity contribution in [1.82, 2.24) is 10.3 Å². The van der Waals surface area contributed by atoms with E-state index in [2.05, 4.69) is 15.3 Å². The van der Waals surface area contributed by atoms with E-state index in [4.69, 9.17) is 0 Å². The number of H-pyrrole nitrogens is 1. The van der Waals surface area contributed by atoms with Crippen LogP contribution in [0.2, 0.25) is 0 Å². The average molecular weight is 345 g/mol. The average Bonchev–Trinajstić information content (AvgIpc) is 3.21. The minimum Gasteiger partial charge on any atom is -0.494 e. The quantitative estimate of drug-likeness (QED) is 0.681. The summed E-state index contributed by atoms with van der Waals surface area (Å²) in [5, 5.41) is 12.9. The Kier molecular flexibility index (Phi) is 3.65. The molecular weight excluding hydrogens is 330 g/mol. The van der Waals surface area contributed by atoms with E-state index in [1.165, 1.54) is 0 Å². The maximum atomic E-state index is 12.5. The molecule has 1 aliphatic heterocycles. The number of nitrogens with one attached hydrogen (secondary N) is 2. The van der Waals surface area contributed by atoms with Crippen LogP contribution in [0.5, 0.6) is 5.88 Å². The molecule has 1 aliphatic rings. The predicted octanol–water partition coefficient (Wildman–Crippen LogP) is 2.74. The lowest BCUT2D eigenvalue weighted by molar-refractivity contribution is 0.0961. The fraction of sp³-hybridized carbons (Fsp3) is 0.0500. The first-order valence-corrected chi connectivity index (χ1v) is 8.06. The number of aromatic amines is 1. The third-order valence-electron chi connectivity index (χ3n) is 4.35. The smallest absolute Gasteiger partial charge is 0.280 e. The van der Waals surface area contributed by atoms with Crippen LogP contribution in [0.25, 0.3) is 11.3 Å². The summed E-state index contributed by atoms with van der Waals surface area (Å²) in [5.74, 6) is -0.697. The highest BCUT2D eigenvalue weighted by atomic mass is 16.3. The van der Waals surface area contributed by atoms with Crippen molar-refractivity contribution in [3.8, 4) is 17.1 Å². The highest BCUT2D eigenvalue weighted by Crippen LogP contribution is 2.37. The molecule has 0 aliphatic carbocycles. The molecular formula is C20H15N3O3.